The van der Waals surface area contributed by atoms with E-state index in [1.807, 2.05) is 6.92 Å². The van der Waals surface area contributed by atoms with Crippen LogP contribution < -0.4 is 20.9 Å². The van der Waals surface area contributed by atoms with Gasteiger partial charge in [0, 0.05) is 23.7 Å². The average molecular weight is 420 g/mol. The lowest BCUT2D eigenvalue weighted by Gasteiger charge is -2.10. The first-order valence-electron chi connectivity index (χ1n) is 7.81. The Labute approximate surface area is 159 Å². The molecular formula is C18H18BrN3O4. The van der Waals surface area contributed by atoms with Gasteiger partial charge in [-0.3, -0.25) is 25.2 Å². The molecule has 2 rings (SSSR count). The van der Waals surface area contributed by atoms with Crippen LogP contribution in [0, 0.1) is 0 Å². The van der Waals surface area contributed by atoms with Crippen LogP contribution >= 0.6 is 15.9 Å². The predicted octanol–water partition coefficient (Wildman–Crippen LogP) is 2.88. The molecule has 8 heteroatoms. The number of ether oxygens (including phenoxy) is 1. The Morgan fingerprint density at radius 3 is 2.08 bits per heavy atom. The number of rotatable bonds is 5. The molecule has 0 atom stereocenters. The van der Waals surface area contributed by atoms with E-state index in [4.69, 9.17) is 4.74 Å². The van der Waals surface area contributed by atoms with Gasteiger partial charge in [0.15, 0.2) is 0 Å². The van der Waals surface area contributed by atoms with Crippen LogP contribution in [-0.4, -0.2) is 24.3 Å². The Bertz CT molecular complexity index is 822. The Morgan fingerprint density at radius 2 is 1.54 bits per heavy atom. The lowest BCUT2D eigenvalue weighted by Crippen LogP contribution is -2.41. The van der Waals surface area contributed by atoms with Gasteiger partial charge in [0.05, 0.1) is 11.1 Å². The minimum absolute atomic E-state index is 0.198. The van der Waals surface area contributed by atoms with Crippen molar-refractivity contribution < 1.29 is 19.1 Å². The van der Waals surface area contributed by atoms with Crippen molar-refractivity contribution in [2.75, 3.05) is 11.9 Å². The molecule has 0 bridgehead atoms. The molecule has 0 fully saturated rings. The predicted molar refractivity (Wildman–Crippen MR) is 101 cm³/mol. The second-order valence-corrected chi connectivity index (χ2v) is 6.10. The monoisotopic (exact) mass is 419 g/mol. The van der Waals surface area contributed by atoms with Gasteiger partial charge in [-0.25, -0.2) is 0 Å². The molecule has 0 spiro atoms. The van der Waals surface area contributed by atoms with Crippen LogP contribution in [0.25, 0.3) is 0 Å². The first kappa shape index (κ1) is 19.5. The number of benzene rings is 2. The van der Waals surface area contributed by atoms with Gasteiger partial charge in [-0.15, -0.1) is 0 Å². The molecule has 0 saturated carbocycles. The molecule has 7 nitrogen and oxygen atoms in total. The zero-order valence-corrected chi connectivity index (χ0v) is 15.8. The van der Waals surface area contributed by atoms with Gasteiger partial charge in [0.25, 0.3) is 11.8 Å². The maximum Gasteiger partial charge on any atom is 0.269 e. The van der Waals surface area contributed by atoms with Crippen molar-refractivity contribution in [3.05, 3.63) is 58.1 Å². The topological polar surface area (TPSA) is 96.5 Å². The number of hydrazine groups is 1. The smallest absolute Gasteiger partial charge is 0.269 e. The van der Waals surface area contributed by atoms with Gasteiger partial charge in [-0.05, 0) is 65.3 Å². The number of carbonyl (C=O) groups excluding carboxylic acids is 3. The quantitative estimate of drug-likeness (QED) is 0.649. The van der Waals surface area contributed by atoms with Crippen LogP contribution in [-0.2, 0) is 4.79 Å². The second kappa shape index (κ2) is 9.00. The molecule has 3 N–H and O–H groups in total. The summed E-state index contributed by atoms with van der Waals surface area (Å²) in [5.41, 5.74) is 5.98. The molecular weight excluding hydrogens is 402 g/mol. The first-order chi connectivity index (χ1) is 12.4. The third kappa shape index (κ3) is 5.32. The van der Waals surface area contributed by atoms with Crippen molar-refractivity contribution in [1.29, 1.82) is 0 Å². The summed E-state index contributed by atoms with van der Waals surface area (Å²) < 4.78 is 6.03. The summed E-state index contributed by atoms with van der Waals surface area (Å²) >= 11 is 3.33. The maximum absolute atomic E-state index is 12.1. The molecule has 2 aromatic carbocycles. The van der Waals surface area contributed by atoms with Crippen molar-refractivity contribution in [3.63, 3.8) is 0 Å². The molecule has 26 heavy (non-hydrogen) atoms. The summed E-state index contributed by atoms with van der Waals surface area (Å²) in [4.78, 5) is 35.2. The van der Waals surface area contributed by atoms with E-state index in [0.717, 1.165) is 0 Å². The molecule has 3 amide bonds. The van der Waals surface area contributed by atoms with Crippen molar-refractivity contribution in [2.24, 2.45) is 0 Å². The standard InChI is InChI=1S/C18H18BrN3O4/c1-3-26-16-9-6-13(10-15(16)19)18(25)22-21-17(24)12-4-7-14(8-5-12)20-11(2)23/h4-10H,3H2,1-2H3,(H,20,23)(H,21,24)(H,22,25). The highest BCUT2D eigenvalue weighted by molar-refractivity contribution is 9.10. The maximum atomic E-state index is 12.1. The molecule has 0 heterocycles. The highest BCUT2D eigenvalue weighted by atomic mass is 79.9. The second-order valence-electron chi connectivity index (χ2n) is 5.24. The number of nitrogens with one attached hydrogen (secondary N) is 3. The highest BCUT2D eigenvalue weighted by Crippen LogP contribution is 2.25. The molecule has 0 aliphatic rings. The molecule has 0 unspecified atom stereocenters. The zero-order chi connectivity index (χ0) is 19.1. The molecule has 136 valence electrons. The Morgan fingerprint density at radius 1 is 0.962 bits per heavy atom. The normalized spacial score (nSPS) is 9.96. The fourth-order valence-electron chi connectivity index (χ4n) is 2.08. The van der Waals surface area contributed by atoms with Crippen LogP contribution in [0.4, 0.5) is 5.69 Å². The van der Waals surface area contributed by atoms with E-state index in [9.17, 15) is 14.4 Å². The number of anilines is 1. The number of hydrogen-bond donors (Lipinski definition) is 3. The van der Waals surface area contributed by atoms with Crippen LogP contribution in [0.1, 0.15) is 34.6 Å². The fraction of sp³-hybridized carbons (Fsp3) is 0.167. The van der Waals surface area contributed by atoms with Gasteiger partial charge in [0.1, 0.15) is 5.75 Å². The molecule has 0 aliphatic heterocycles. The van der Waals surface area contributed by atoms with Gasteiger partial charge in [-0.2, -0.15) is 0 Å². The minimum atomic E-state index is -0.474. The SMILES string of the molecule is CCOc1ccc(C(=O)NNC(=O)c2ccc(NC(C)=O)cc2)cc1Br. The Balaban J connectivity index is 1.95. The van der Waals surface area contributed by atoms with Crippen molar-refractivity contribution >= 4 is 39.3 Å². The van der Waals surface area contributed by atoms with E-state index >= 15 is 0 Å². The van der Waals surface area contributed by atoms with Crippen LogP contribution in [0.5, 0.6) is 5.75 Å². The zero-order valence-electron chi connectivity index (χ0n) is 14.3. The summed E-state index contributed by atoms with van der Waals surface area (Å²) in [6.07, 6.45) is 0. The van der Waals surface area contributed by atoms with Crippen molar-refractivity contribution in [1.82, 2.24) is 10.9 Å². The molecule has 0 aliphatic carbocycles. The highest BCUT2D eigenvalue weighted by Gasteiger charge is 2.11. The van der Waals surface area contributed by atoms with Gasteiger partial charge in [0.2, 0.25) is 5.91 Å². The van der Waals surface area contributed by atoms with Crippen LogP contribution in [0.3, 0.4) is 0 Å². The Hall–Kier alpha value is -2.87. The number of carbonyl (C=O) groups is 3. The van der Waals surface area contributed by atoms with Gasteiger partial charge in [-0.1, -0.05) is 0 Å². The summed E-state index contributed by atoms with van der Waals surface area (Å²) in [6, 6.07) is 11.2. The Kier molecular flexibility index (Phi) is 6.74. The molecule has 0 radical (unpaired) electrons. The minimum Gasteiger partial charge on any atom is -0.493 e. The van der Waals surface area contributed by atoms with E-state index < -0.39 is 11.8 Å². The third-order valence-corrected chi connectivity index (χ3v) is 3.87. The number of amides is 3. The lowest BCUT2D eigenvalue weighted by atomic mass is 10.2. The number of halogens is 1. The van der Waals surface area contributed by atoms with E-state index in [0.29, 0.717) is 33.6 Å². The average Bonchev–Trinajstić information content (AvgIpc) is 2.61. The van der Waals surface area contributed by atoms with E-state index in [-0.39, 0.29) is 5.91 Å². The van der Waals surface area contributed by atoms with E-state index in [1.165, 1.54) is 6.92 Å². The van der Waals surface area contributed by atoms with Crippen LogP contribution in [0.15, 0.2) is 46.9 Å². The van der Waals surface area contributed by atoms with Crippen molar-refractivity contribution in [2.45, 2.75) is 13.8 Å². The van der Waals surface area contributed by atoms with Crippen molar-refractivity contribution in [3.8, 4) is 5.75 Å². The van der Waals surface area contributed by atoms with Gasteiger partial charge < -0.3 is 10.1 Å². The third-order valence-electron chi connectivity index (χ3n) is 3.25. The summed E-state index contributed by atoms with van der Waals surface area (Å²) in [5, 5.41) is 2.61. The largest absolute Gasteiger partial charge is 0.493 e. The molecule has 0 aromatic heterocycles. The lowest BCUT2D eigenvalue weighted by molar-refractivity contribution is -0.114. The van der Waals surface area contributed by atoms with E-state index in [1.54, 1.807) is 42.5 Å². The van der Waals surface area contributed by atoms with Crippen LogP contribution in [0.2, 0.25) is 0 Å². The molecule has 0 saturated heterocycles. The summed E-state index contributed by atoms with van der Waals surface area (Å²) in [6.45, 7) is 3.78. The summed E-state index contributed by atoms with van der Waals surface area (Å²) in [7, 11) is 0. The summed E-state index contributed by atoms with van der Waals surface area (Å²) in [5.74, 6) is -0.502. The van der Waals surface area contributed by atoms with Gasteiger partial charge >= 0.3 is 0 Å². The number of hydrogen-bond acceptors (Lipinski definition) is 4. The molecule has 2 aromatic rings. The fourth-order valence-corrected chi connectivity index (χ4v) is 2.57. The first-order valence-corrected chi connectivity index (χ1v) is 8.60. The van der Waals surface area contributed by atoms with E-state index in [2.05, 4.69) is 32.1 Å².